The lowest BCUT2D eigenvalue weighted by Gasteiger charge is -2.27. The molecule has 1 atom stereocenters. The molecule has 4 aromatic rings. The number of hydrogen-bond acceptors (Lipinski definition) is 9. The summed E-state index contributed by atoms with van der Waals surface area (Å²) in [4.78, 5) is 78.1. The van der Waals surface area contributed by atoms with E-state index in [2.05, 4.69) is 30.5 Å². The Morgan fingerprint density at radius 3 is 2.50 bits per heavy atom. The molecule has 0 spiro atoms. The molecule has 0 radical (unpaired) electrons. The largest absolute Gasteiger partial charge is 0.378 e. The van der Waals surface area contributed by atoms with Crippen LogP contribution in [0.1, 0.15) is 49.5 Å². The van der Waals surface area contributed by atoms with Gasteiger partial charge in [-0.25, -0.2) is 9.97 Å². The average Bonchev–Trinajstić information content (AvgIpc) is 3.59. The molecule has 0 aliphatic carbocycles. The Labute approximate surface area is 250 Å². The number of morpholine rings is 1. The van der Waals surface area contributed by atoms with Crippen LogP contribution in [-0.4, -0.2) is 81.7 Å². The van der Waals surface area contributed by atoms with Gasteiger partial charge in [-0.05, 0) is 41.8 Å². The first-order valence-corrected chi connectivity index (χ1v) is 14.3. The van der Waals surface area contributed by atoms with Crippen molar-refractivity contribution >= 4 is 46.4 Å². The minimum atomic E-state index is -1.07. The highest BCUT2D eigenvalue weighted by Gasteiger charge is 2.44. The summed E-state index contributed by atoms with van der Waals surface area (Å²) in [6.45, 7) is 3.11. The highest BCUT2D eigenvalue weighted by atomic mass is 16.5. The van der Waals surface area contributed by atoms with Gasteiger partial charge in [0.2, 0.25) is 11.8 Å². The lowest BCUT2D eigenvalue weighted by Crippen LogP contribution is -2.54. The summed E-state index contributed by atoms with van der Waals surface area (Å²) in [5.74, 6) is -1.95. The molecule has 13 heteroatoms. The Hall–Kier alpha value is -5.43. The van der Waals surface area contributed by atoms with Crippen LogP contribution in [0.25, 0.3) is 22.3 Å². The highest BCUT2D eigenvalue weighted by molar-refractivity contribution is 6.24. The second-order valence-electron chi connectivity index (χ2n) is 10.8. The van der Waals surface area contributed by atoms with Crippen LogP contribution in [0.2, 0.25) is 0 Å². The minimum absolute atomic E-state index is 0.0325. The van der Waals surface area contributed by atoms with Gasteiger partial charge in [-0.3, -0.25) is 34.2 Å². The zero-order valence-corrected chi connectivity index (χ0v) is 23.5. The van der Waals surface area contributed by atoms with Gasteiger partial charge in [-0.15, -0.1) is 0 Å². The van der Waals surface area contributed by atoms with Crippen LogP contribution in [-0.2, 0) is 20.9 Å². The van der Waals surface area contributed by atoms with Crippen molar-refractivity contribution < 1.29 is 28.7 Å². The molecule has 222 valence electrons. The summed E-state index contributed by atoms with van der Waals surface area (Å²) in [5, 5.41) is 5.96. The number of aromatic nitrogens is 3. The van der Waals surface area contributed by atoms with Gasteiger partial charge in [0.05, 0.1) is 29.7 Å². The first-order chi connectivity index (χ1) is 21.4. The predicted octanol–water partition coefficient (Wildman–Crippen LogP) is 1.79. The number of piperidine rings is 1. The second-order valence-corrected chi connectivity index (χ2v) is 10.8. The van der Waals surface area contributed by atoms with Crippen molar-refractivity contribution in [1.82, 2.24) is 30.5 Å². The Morgan fingerprint density at radius 2 is 1.73 bits per heavy atom. The van der Waals surface area contributed by atoms with E-state index >= 15 is 0 Å². The van der Waals surface area contributed by atoms with Gasteiger partial charge in [-0.2, -0.15) is 0 Å². The SMILES string of the molecule is O=C1CCC(N2C(=O)c3ccc(C(=O)NCc4ccc(-c5cc6c(N7CCOCC7)ncnc6[nH]5)cc4)cc3C2=O)C(=O)N1. The van der Waals surface area contributed by atoms with Crippen molar-refractivity contribution in [1.29, 1.82) is 0 Å². The lowest BCUT2D eigenvalue weighted by molar-refractivity contribution is -0.136. The third kappa shape index (κ3) is 4.86. The Bertz CT molecular complexity index is 1840. The molecule has 3 aliphatic rings. The number of anilines is 1. The zero-order valence-electron chi connectivity index (χ0n) is 23.5. The number of aromatic amines is 1. The molecule has 0 bridgehead atoms. The summed E-state index contributed by atoms with van der Waals surface area (Å²) in [6, 6.07) is 13.0. The van der Waals surface area contributed by atoms with Crippen molar-refractivity contribution in [2.45, 2.75) is 25.4 Å². The van der Waals surface area contributed by atoms with E-state index in [1.165, 1.54) is 18.2 Å². The summed E-state index contributed by atoms with van der Waals surface area (Å²) in [5.41, 5.74) is 3.85. The van der Waals surface area contributed by atoms with Crippen molar-refractivity contribution in [2.24, 2.45) is 0 Å². The third-order valence-corrected chi connectivity index (χ3v) is 8.14. The van der Waals surface area contributed by atoms with Crippen LogP contribution in [0.3, 0.4) is 0 Å². The van der Waals surface area contributed by atoms with E-state index in [9.17, 15) is 24.0 Å². The molecule has 44 heavy (non-hydrogen) atoms. The number of H-pyrrole nitrogens is 1. The third-order valence-electron chi connectivity index (χ3n) is 8.14. The quantitative estimate of drug-likeness (QED) is 0.283. The number of fused-ring (bicyclic) bond motifs is 2. The van der Waals surface area contributed by atoms with Crippen LogP contribution in [0.5, 0.6) is 0 Å². The Kier molecular flexibility index (Phi) is 6.85. The number of benzene rings is 2. The van der Waals surface area contributed by atoms with E-state index in [0.717, 1.165) is 51.7 Å². The molecule has 2 aromatic carbocycles. The summed E-state index contributed by atoms with van der Waals surface area (Å²) in [6.07, 6.45) is 1.65. The molecule has 13 nitrogen and oxygen atoms in total. The molecule has 3 aliphatic heterocycles. The molecule has 1 unspecified atom stereocenters. The molecule has 0 saturated carbocycles. The van der Waals surface area contributed by atoms with Crippen LogP contribution in [0.4, 0.5) is 5.82 Å². The van der Waals surface area contributed by atoms with E-state index in [-0.39, 0.29) is 36.1 Å². The minimum Gasteiger partial charge on any atom is -0.378 e. The molecular formula is C31H27N7O6. The zero-order chi connectivity index (χ0) is 30.4. The monoisotopic (exact) mass is 593 g/mol. The Morgan fingerprint density at radius 1 is 0.955 bits per heavy atom. The van der Waals surface area contributed by atoms with Crippen LogP contribution >= 0.6 is 0 Å². The van der Waals surface area contributed by atoms with Gasteiger partial charge < -0.3 is 19.9 Å². The predicted molar refractivity (Wildman–Crippen MR) is 157 cm³/mol. The number of nitrogens with zero attached hydrogens (tertiary/aromatic N) is 4. The fraction of sp³-hybridized carbons (Fsp3) is 0.258. The van der Waals surface area contributed by atoms with Crippen molar-refractivity contribution in [2.75, 3.05) is 31.2 Å². The van der Waals surface area contributed by atoms with Gasteiger partial charge in [-0.1, -0.05) is 24.3 Å². The molecule has 2 saturated heterocycles. The fourth-order valence-electron chi connectivity index (χ4n) is 5.81. The molecule has 3 N–H and O–H groups in total. The maximum atomic E-state index is 13.1. The topological polar surface area (TPSA) is 167 Å². The van der Waals surface area contributed by atoms with Crippen molar-refractivity contribution in [3.05, 3.63) is 77.1 Å². The number of imide groups is 2. The van der Waals surface area contributed by atoms with Crippen LogP contribution < -0.4 is 15.5 Å². The van der Waals surface area contributed by atoms with E-state index < -0.39 is 35.6 Å². The number of carbonyl (C=O) groups is 5. The number of nitrogens with one attached hydrogen (secondary N) is 3. The number of amides is 5. The second kappa shape index (κ2) is 11.0. The van der Waals surface area contributed by atoms with Gasteiger partial charge >= 0.3 is 0 Å². The molecule has 7 rings (SSSR count). The number of rotatable bonds is 6. The van der Waals surface area contributed by atoms with Crippen molar-refractivity contribution in [3.8, 4) is 11.3 Å². The smallest absolute Gasteiger partial charge is 0.262 e. The summed E-state index contributed by atoms with van der Waals surface area (Å²) in [7, 11) is 0. The first kappa shape index (κ1) is 27.4. The average molecular weight is 594 g/mol. The fourth-order valence-corrected chi connectivity index (χ4v) is 5.81. The molecular weight excluding hydrogens is 566 g/mol. The van der Waals surface area contributed by atoms with Crippen LogP contribution in [0.15, 0.2) is 54.9 Å². The number of hydrogen-bond donors (Lipinski definition) is 3. The maximum Gasteiger partial charge on any atom is 0.262 e. The summed E-state index contributed by atoms with van der Waals surface area (Å²) >= 11 is 0. The molecule has 2 fully saturated rings. The van der Waals surface area contributed by atoms with Gasteiger partial charge in [0.1, 0.15) is 23.8 Å². The van der Waals surface area contributed by atoms with E-state index in [1.54, 1.807) is 6.33 Å². The van der Waals surface area contributed by atoms with Gasteiger partial charge in [0.15, 0.2) is 0 Å². The van der Waals surface area contributed by atoms with E-state index in [0.29, 0.717) is 13.2 Å². The van der Waals surface area contributed by atoms with Gasteiger partial charge in [0.25, 0.3) is 17.7 Å². The van der Waals surface area contributed by atoms with Gasteiger partial charge in [0, 0.05) is 37.3 Å². The lowest BCUT2D eigenvalue weighted by atomic mass is 10.0. The first-order valence-electron chi connectivity index (χ1n) is 14.3. The summed E-state index contributed by atoms with van der Waals surface area (Å²) < 4.78 is 5.47. The molecule has 2 aromatic heterocycles. The number of ether oxygens (including phenoxy) is 1. The van der Waals surface area contributed by atoms with E-state index in [4.69, 9.17) is 4.74 Å². The van der Waals surface area contributed by atoms with Crippen molar-refractivity contribution in [3.63, 3.8) is 0 Å². The molecule has 5 amide bonds. The Balaban J connectivity index is 1.02. The van der Waals surface area contributed by atoms with Crippen LogP contribution in [0, 0.1) is 0 Å². The standard InChI is InChI=1S/C31H27N7O6/c39-25-8-7-24(29(41)36-25)38-30(42)20-6-5-19(13-21(20)31(38)43)28(40)32-15-17-1-3-18(4-2-17)23-14-22-26(35-23)33-16-34-27(22)37-9-11-44-12-10-37/h1-6,13-14,16,24H,7-12,15H2,(H,32,40)(H,33,34,35)(H,36,39,41). The normalized spacial score (nSPS) is 18.5. The highest BCUT2D eigenvalue weighted by Crippen LogP contribution is 2.30. The van der Waals surface area contributed by atoms with E-state index in [1.807, 2.05) is 30.3 Å². The number of carbonyl (C=O) groups excluding carboxylic acids is 5. The molecule has 5 heterocycles. The maximum absolute atomic E-state index is 13.1.